The molecule has 2 heterocycles. The van der Waals surface area contributed by atoms with Crippen LogP contribution < -0.4 is 11.5 Å². The Bertz CT molecular complexity index is 440. The molecular formula is C7H8N4O. The standard InChI is InChI=1S/C7H8N4O/c1-10-5-3-2-4-9-6(5)11(8)7(10)12/h2-4H,8H2,1H3. The number of rotatable bonds is 0. The van der Waals surface area contributed by atoms with Crippen LogP contribution in [0.4, 0.5) is 0 Å². The van der Waals surface area contributed by atoms with Crippen molar-refractivity contribution in [2.45, 2.75) is 0 Å². The van der Waals surface area contributed by atoms with E-state index >= 15 is 0 Å². The van der Waals surface area contributed by atoms with Crippen molar-refractivity contribution in [1.82, 2.24) is 14.2 Å². The van der Waals surface area contributed by atoms with E-state index in [9.17, 15) is 4.79 Å². The molecular weight excluding hydrogens is 156 g/mol. The molecule has 2 N–H and O–H groups in total. The summed E-state index contributed by atoms with van der Waals surface area (Å²) in [6, 6.07) is 3.56. The van der Waals surface area contributed by atoms with E-state index in [4.69, 9.17) is 5.84 Å². The molecule has 0 radical (unpaired) electrons. The Morgan fingerprint density at radius 3 is 3.00 bits per heavy atom. The van der Waals surface area contributed by atoms with Crippen molar-refractivity contribution in [3.63, 3.8) is 0 Å². The van der Waals surface area contributed by atoms with Crippen LogP contribution >= 0.6 is 0 Å². The first-order valence-corrected chi connectivity index (χ1v) is 3.49. The van der Waals surface area contributed by atoms with Gasteiger partial charge in [-0.15, -0.1) is 0 Å². The smallest absolute Gasteiger partial charge is 0.333 e. The van der Waals surface area contributed by atoms with E-state index in [0.29, 0.717) is 5.65 Å². The molecule has 2 aromatic rings. The van der Waals surface area contributed by atoms with E-state index in [2.05, 4.69) is 4.98 Å². The molecule has 0 spiro atoms. The highest BCUT2D eigenvalue weighted by Crippen LogP contribution is 2.04. The lowest BCUT2D eigenvalue weighted by atomic mass is 10.4. The van der Waals surface area contributed by atoms with Gasteiger partial charge in [-0.25, -0.2) is 9.78 Å². The second-order valence-corrected chi connectivity index (χ2v) is 2.56. The third-order valence-corrected chi connectivity index (χ3v) is 1.85. The zero-order chi connectivity index (χ0) is 8.72. The van der Waals surface area contributed by atoms with Crippen LogP contribution in [0.3, 0.4) is 0 Å². The summed E-state index contributed by atoms with van der Waals surface area (Å²) in [6.07, 6.45) is 1.60. The van der Waals surface area contributed by atoms with Gasteiger partial charge < -0.3 is 5.84 Å². The molecule has 2 rings (SSSR count). The highest BCUT2D eigenvalue weighted by molar-refractivity contribution is 5.70. The predicted octanol–water partition coefficient (Wildman–Crippen LogP) is -0.551. The zero-order valence-electron chi connectivity index (χ0n) is 6.56. The van der Waals surface area contributed by atoms with Crippen LogP contribution in [0.25, 0.3) is 11.2 Å². The Hall–Kier alpha value is -1.78. The Kier molecular flexibility index (Phi) is 1.21. The fraction of sp³-hybridized carbons (Fsp3) is 0.143. The van der Waals surface area contributed by atoms with E-state index < -0.39 is 0 Å². The van der Waals surface area contributed by atoms with Gasteiger partial charge in [-0.2, -0.15) is 4.68 Å². The number of nitrogens with zero attached hydrogens (tertiary/aromatic N) is 3. The van der Waals surface area contributed by atoms with Gasteiger partial charge in [-0.1, -0.05) is 0 Å². The SMILES string of the molecule is Cn1c(=O)n(N)c2ncccc21. The van der Waals surface area contributed by atoms with Gasteiger partial charge in [0.05, 0.1) is 5.52 Å². The molecule has 0 unspecified atom stereocenters. The second-order valence-electron chi connectivity index (χ2n) is 2.56. The Morgan fingerprint density at radius 2 is 2.33 bits per heavy atom. The van der Waals surface area contributed by atoms with Crippen molar-refractivity contribution in [2.24, 2.45) is 7.05 Å². The topological polar surface area (TPSA) is 65.8 Å². The Labute approximate surface area is 68.0 Å². The fourth-order valence-electron chi connectivity index (χ4n) is 1.19. The summed E-state index contributed by atoms with van der Waals surface area (Å²) in [5.74, 6) is 5.46. The number of aryl methyl sites for hydroxylation is 1. The lowest BCUT2D eigenvalue weighted by molar-refractivity contribution is 0.825. The number of imidazole rings is 1. The van der Waals surface area contributed by atoms with Gasteiger partial charge in [0.2, 0.25) is 0 Å². The lowest BCUT2D eigenvalue weighted by Crippen LogP contribution is -2.28. The fourth-order valence-corrected chi connectivity index (χ4v) is 1.19. The van der Waals surface area contributed by atoms with Crippen molar-refractivity contribution in [1.29, 1.82) is 0 Å². The number of fused-ring (bicyclic) bond motifs is 1. The van der Waals surface area contributed by atoms with Crippen LogP contribution in [0.15, 0.2) is 23.1 Å². The molecule has 0 bridgehead atoms. The van der Waals surface area contributed by atoms with E-state index in [-0.39, 0.29) is 5.69 Å². The van der Waals surface area contributed by atoms with Crippen LogP contribution in [0.1, 0.15) is 0 Å². The molecule has 0 aliphatic rings. The molecule has 0 fully saturated rings. The van der Waals surface area contributed by atoms with E-state index in [1.54, 1.807) is 25.4 Å². The van der Waals surface area contributed by atoms with E-state index in [1.807, 2.05) is 0 Å². The average molecular weight is 164 g/mol. The Morgan fingerprint density at radius 1 is 1.58 bits per heavy atom. The monoisotopic (exact) mass is 164 g/mol. The summed E-state index contributed by atoms with van der Waals surface area (Å²) < 4.78 is 2.50. The van der Waals surface area contributed by atoms with Gasteiger partial charge in [0.15, 0.2) is 5.65 Å². The maximum atomic E-state index is 11.2. The zero-order valence-corrected chi connectivity index (χ0v) is 6.56. The molecule has 0 saturated carbocycles. The normalized spacial score (nSPS) is 10.8. The highest BCUT2D eigenvalue weighted by atomic mass is 16.2. The lowest BCUT2D eigenvalue weighted by Gasteiger charge is -1.89. The number of nitrogen functional groups attached to an aromatic ring is 1. The minimum atomic E-state index is -0.260. The van der Waals surface area contributed by atoms with E-state index in [0.717, 1.165) is 10.2 Å². The maximum absolute atomic E-state index is 11.2. The van der Waals surface area contributed by atoms with Gasteiger partial charge in [-0.05, 0) is 12.1 Å². The molecule has 0 amide bonds. The first-order valence-electron chi connectivity index (χ1n) is 3.49. The van der Waals surface area contributed by atoms with Crippen LogP contribution in [0, 0.1) is 0 Å². The summed E-state index contributed by atoms with van der Waals surface area (Å²) in [4.78, 5) is 15.2. The third-order valence-electron chi connectivity index (χ3n) is 1.85. The number of aromatic nitrogens is 3. The van der Waals surface area contributed by atoms with Crippen molar-refractivity contribution in [2.75, 3.05) is 5.84 Å². The summed E-state index contributed by atoms with van der Waals surface area (Å²) >= 11 is 0. The summed E-state index contributed by atoms with van der Waals surface area (Å²) in [6.45, 7) is 0. The minimum Gasteiger partial charge on any atom is -0.333 e. The van der Waals surface area contributed by atoms with Crippen molar-refractivity contribution >= 4 is 11.2 Å². The van der Waals surface area contributed by atoms with Gasteiger partial charge in [0.25, 0.3) is 0 Å². The van der Waals surface area contributed by atoms with Crippen LogP contribution in [0.2, 0.25) is 0 Å². The third kappa shape index (κ3) is 0.674. The molecule has 0 atom stereocenters. The molecule has 12 heavy (non-hydrogen) atoms. The molecule has 0 saturated heterocycles. The molecule has 62 valence electrons. The van der Waals surface area contributed by atoms with Gasteiger partial charge in [0.1, 0.15) is 0 Å². The number of pyridine rings is 1. The molecule has 0 aromatic carbocycles. The summed E-state index contributed by atoms with van der Waals surface area (Å²) in [5.41, 5.74) is 0.985. The molecule has 0 aliphatic carbocycles. The highest BCUT2D eigenvalue weighted by Gasteiger charge is 2.06. The van der Waals surface area contributed by atoms with Gasteiger partial charge in [-0.3, -0.25) is 4.57 Å². The van der Waals surface area contributed by atoms with Gasteiger partial charge >= 0.3 is 5.69 Å². The quantitative estimate of drug-likeness (QED) is 0.531. The van der Waals surface area contributed by atoms with Crippen molar-refractivity contribution in [3.05, 3.63) is 28.8 Å². The Balaban J connectivity index is 3.09. The van der Waals surface area contributed by atoms with Crippen LogP contribution in [-0.4, -0.2) is 14.2 Å². The number of hydrogen-bond acceptors (Lipinski definition) is 3. The molecule has 5 heteroatoms. The largest absolute Gasteiger partial charge is 0.348 e. The minimum absolute atomic E-state index is 0.260. The molecule has 5 nitrogen and oxygen atoms in total. The second kappa shape index (κ2) is 2.10. The summed E-state index contributed by atoms with van der Waals surface area (Å²) in [7, 11) is 1.66. The molecule has 2 aromatic heterocycles. The van der Waals surface area contributed by atoms with Crippen molar-refractivity contribution < 1.29 is 0 Å². The first-order chi connectivity index (χ1) is 5.72. The number of nitrogens with two attached hydrogens (primary N) is 1. The number of hydrogen-bond donors (Lipinski definition) is 1. The maximum Gasteiger partial charge on any atom is 0.348 e. The predicted molar refractivity (Wildman–Crippen MR) is 45.1 cm³/mol. The average Bonchev–Trinajstić information content (AvgIpc) is 2.33. The summed E-state index contributed by atoms with van der Waals surface area (Å²) in [5, 5.41) is 0. The van der Waals surface area contributed by atoms with Gasteiger partial charge in [0, 0.05) is 13.2 Å². The molecule has 0 aliphatic heterocycles. The van der Waals surface area contributed by atoms with Crippen molar-refractivity contribution in [3.8, 4) is 0 Å². The van der Waals surface area contributed by atoms with E-state index in [1.165, 1.54) is 4.57 Å². The van der Waals surface area contributed by atoms with Crippen LogP contribution in [-0.2, 0) is 7.05 Å². The van der Waals surface area contributed by atoms with Crippen LogP contribution in [0.5, 0.6) is 0 Å². The first kappa shape index (κ1) is 6.90.